The summed E-state index contributed by atoms with van der Waals surface area (Å²) in [6.45, 7) is 2.74. The largest absolute Gasteiger partial charge is 0.497 e. The highest BCUT2D eigenvalue weighted by atomic mass is 32.2. The number of hydrogen-bond acceptors (Lipinski definition) is 4. The number of methoxy groups -OCH3 is 1. The third-order valence-corrected chi connectivity index (χ3v) is 7.14. The molecular formula is C27H29NO3S. The summed E-state index contributed by atoms with van der Waals surface area (Å²) in [6, 6.07) is 25.8. The minimum Gasteiger partial charge on any atom is -0.497 e. The Morgan fingerprint density at radius 1 is 0.906 bits per heavy atom. The summed E-state index contributed by atoms with van der Waals surface area (Å²) in [6.07, 6.45) is 3.06. The molecule has 1 heterocycles. The first-order valence-corrected chi connectivity index (χ1v) is 12.0. The van der Waals surface area contributed by atoms with Gasteiger partial charge < -0.3 is 14.4 Å². The zero-order valence-electron chi connectivity index (χ0n) is 18.6. The molecule has 0 bridgehead atoms. The van der Waals surface area contributed by atoms with E-state index in [4.69, 9.17) is 9.47 Å². The molecule has 4 rings (SSSR count). The highest BCUT2D eigenvalue weighted by Crippen LogP contribution is 2.46. The number of carbonyl (C=O) groups excluding carboxylic acids is 1. The van der Waals surface area contributed by atoms with Gasteiger partial charge in [-0.2, -0.15) is 0 Å². The Labute approximate surface area is 194 Å². The van der Waals surface area contributed by atoms with Crippen LogP contribution in [0, 0.1) is 0 Å². The standard InChI is InChI=1S/C27H29NO3S/c1-3-4-13-25-26(29)28(19-20-14-16-22(30-2)17-15-20)27(32-25)21-9-8-12-24(18-21)31-23-10-6-5-7-11-23/h5-12,14-18,25,27H,3-4,13,19H2,1-2H3. The van der Waals surface area contributed by atoms with Gasteiger partial charge in [0.2, 0.25) is 5.91 Å². The SMILES string of the molecule is CCCCC1SC(c2cccc(Oc3ccccc3)c2)N(Cc2ccc(OC)cc2)C1=O. The van der Waals surface area contributed by atoms with Crippen molar-refractivity contribution in [3.05, 3.63) is 90.0 Å². The molecular weight excluding hydrogens is 418 g/mol. The predicted molar refractivity (Wildman–Crippen MR) is 130 cm³/mol. The van der Waals surface area contributed by atoms with Gasteiger partial charge in [0.05, 0.1) is 12.4 Å². The Morgan fingerprint density at radius 3 is 2.38 bits per heavy atom. The smallest absolute Gasteiger partial charge is 0.237 e. The fourth-order valence-electron chi connectivity index (χ4n) is 3.87. The summed E-state index contributed by atoms with van der Waals surface area (Å²) in [5, 5.41) is -0.0392. The molecule has 0 spiro atoms. The molecule has 2 unspecified atom stereocenters. The van der Waals surface area contributed by atoms with Crippen molar-refractivity contribution in [1.29, 1.82) is 0 Å². The first kappa shape index (κ1) is 22.3. The first-order chi connectivity index (χ1) is 15.7. The molecule has 3 aromatic carbocycles. The molecule has 0 N–H and O–H groups in total. The molecule has 5 heteroatoms. The summed E-state index contributed by atoms with van der Waals surface area (Å²) in [5.41, 5.74) is 2.18. The summed E-state index contributed by atoms with van der Waals surface area (Å²) in [4.78, 5) is 15.4. The number of thioether (sulfide) groups is 1. The number of carbonyl (C=O) groups is 1. The molecule has 1 saturated heterocycles. The lowest BCUT2D eigenvalue weighted by molar-refractivity contribution is -0.130. The van der Waals surface area contributed by atoms with Gasteiger partial charge in [-0.1, -0.05) is 62.2 Å². The maximum Gasteiger partial charge on any atom is 0.237 e. The van der Waals surface area contributed by atoms with Crippen LogP contribution in [0.2, 0.25) is 0 Å². The van der Waals surface area contributed by atoms with Crippen molar-refractivity contribution >= 4 is 17.7 Å². The van der Waals surface area contributed by atoms with Crippen molar-refractivity contribution in [3.63, 3.8) is 0 Å². The minimum absolute atomic E-state index is 0.00287. The van der Waals surface area contributed by atoms with Crippen molar-refractivity contribution in [2.45, 2.75) is 43.4 Å². The third kappa shape index (κ3) is 5.28. The molecule has 1 aliphatic heterocycles. The molecule has 32 heavy (non-hydrogen) atoms. The first-order valence-electron chi connectivity index (χ1n) is 11.1. The average Bonchev–Trinajstić information content (AvgIpc) is 3.14. The van der Waals surface area contributed by atoms with Crippen molar-refractivity contribution < 1.29 is 14.3 Å². The lowest BCUT2D eigenvalue weighted by Gasteiger charge is -2.25. The number of ether oxygens (including phenoxy) is 2. The molecule has 0 radical (unpaired) electrons. The molecule has 1 fully saturated rings. The van der Waals surface area contributed by atoms with E-state index in [1.807, 2.05) is 71.6 Å². The van der Waals surface area contributed by atoms with Crippen LogP contribution in [0.5, 0.6) is 17.2 Å². The molecule has 0 saturated carbocycles. The normalized spacial score (nSPS) is 18.1. The number of unbranched alkanes of at least 4 members (excludes halogenated alkanes) is 1. The van der Waals surface area contributed by atoms with Gasteiger partial charge >= 0.3 is 0 Å². The number of amides is 1. The maximum atomic E-state index is 13.3. The monoisotopic (exact) mass is 447 g/mol. The fourth-order valence-corrected chi connectivity index (χ4v) is 5.37. The quantitative estimate of drug-likeness (QED) is 0.361. The zero-order valence-corrected chi connectivity index (χ0v) is 19.4. The van der Waals surface area contributed by atoms with Gasteiger partial charge in [0, 0.05) is 6.54 Å². The summed E-state index contributed by atoms with van der Waals surface area (Å²) in [5.74, 6) is 2.62. The van der Waals surface area contributed by atoms with Crippen LogP contribution in [0.4, 0.5) is 0 Å². The van der Waals surface area contributed by atoms with Crippen molar-refractivity contribution in [2.75, 3.05) is 7.11 Å². The molecule has 1 aliphatic rings. The Morgan fingerprint density at radius 2 is 1.66 bits per heavy atom. The summed E-state index contributed by atoms with van der Waals surface area (Å²) >= 11 is 1.76. The molecule has 166 valence electrons. The van der Waals surface area contributed by atoms with Gasteiger partial charge in [0.1, 0.15) is 22.6 Å². The number of rotatable bonds is 9. The van der Waals surface area contributed by atoms with E-state index < -0.39 is 0 Å². The van der Waals surface area contributed by atoms with Gasteiger partial charge in [-0.15, -0.1) is 11.8 Å². The lowest BCUT2D eigenvalue weighted by Crippen LogP contribution is -2.30. The number of benzene rings is 3. The number of para-hydroxylation sites is 1. The molecule has 0 aromatic heterocycles. The van der Waals surface area contributed by atoms with Crippen LogP contribution >= 0.6 is 11.8 Å². The van der Waals surface area contributed by atoms with Crippen LogP contribution in [0.1, 0.15) is 42.7 Å². The third-order valence-electron chi connectivity index (χ3n) is 5.59. The van der Waals surface area contributed by atoms with E-state index >= 15 is 0 Å². The maximum absolute atomic E-state index is 13.3. The molecule has 2 atom stereocenters. The van der Waals surface area contributed by atoms with E-state index in [0.717, 1.165) is 47.6 Å². The minimum atomic E-state index is -0.0363. The van der Waals surface area contributed by atoms with E-state index in [2.05, 4.69) is 19.1 Å². The Hall–Kier alpha value is -2.92. The molecule has 1 amide bonds. The van der Waals surface area contributed by atoms with Crippen LogP contribution in [0.25, 0.3) is 0 Å². The van der Waals surface area contributed by atoms with E-state index in [1.54, 1.807) is 18.9 Å². The van der Waals surface area contributed by atoms with Crippen LogP contribution in [-0.2, 0) is 11.3 Å². The fraction of sp³-hybridized carbons (Fsp3) is 0.296. The van der Waals surface area contributed by atoms with Crippen LogP contribution in [0.3, 0.4) is 0 Å². The highest BCUT2D eigenvalue weighted by molar-refractivity contribution is 8.01. The predicted octanol–water partition coefficient (Wildman–Crippen LogP) is 6.82. The summed E-state index contributed by atoms with van der Waals surface area (Å²) < 4.78 is 11.3. The lowest BCUT2D eigenvalue weighted by atomic mass is 10.1. The number of nitrogens with zero attached hydrogens (tertiary/aromatic N) is 1. The van der Waals surface area contributed by atoms with Gasteiger partial charge in [-0.05, 0) is 53.9 Å². The van der Waals surface area contributed by atoms with Gasteiger partial charge in [-0.25, -0.2) is 0 Å². The van der Waals surface area contributed by atoms with Crippen molar-refractivity contribution in [2.24, 2.45) is 0 Å². The van der Waals surface area contributed by atoms with E-state index in [9.17, 15) is 4.79 Å². The van der Waals surface area contributed by atoms with Gasteiger partial charge in [0.25, 0.3) is 0 Å². The second kappa shape index (κ2) is 10.6. The molecule has 4 nitrogen and oxygen atoms in total. The second-order valence-electron chi connectivity index (χ2n) is 7.92. The topological polar surface area (TPSA) is 38.8 Å². The van der Waals surface area contributed by atoms with E-state index in [0.29, 0.717) is 6.54 Å². The van der Waals surface area contributed by atoms with Crippen LogP contribution in [0.15, 0.2) is 78.9 Å². The van der Waals surface area contributed by atoms with Gasteiger partial charge in [0.15, 0.2) is 0 Å². The Bertz CT molecular complexity index is 1020. The molecule has 3 aromatic rings. The van der Waals surface area contributed by atoms with Gasteiger partial charge in [-0.3, -0.25) is 4.79 Å². The Balaban J connectivity index is 1.58. The average molecular weight is 448 g/mol. The van der Waals surface area contributed by atoms with E-state index in [-0.39, 0.29) is 16.5 Å². The van der Waals surface area contributed by atoms with E-state index in [1.165, 1.54) is 0 Å². The van der Waals surface area contributed by atoms with Crippen molar-refractivity contribution in [3.8, 4) is 17.2 Å². The van der Waals surface area contributed by atoms with Crippen molar-refractivity contribution in [1.82, 2.24) is 4.90 Å². The van der Waals surface area contributed by atoms with Crippen LogP contribution < -0.4 is 9.47 Å². The molecule has 0 aliphatic carbocycles. The number of hydrogen-bond donors (Lipinski definition) is 0. The Kier molecular flexibility index (Phi) is 7.38. The van der Waals surface area contributed by atoms with Crippen LogP contribution in [-0.4, -0.2) is 23.2 Å². The second-order valence-corrected chi connectivity index (χ2v) is 9.21. The highest BCUT2D eigenvalue weighted by Gasteiger charge is 2.40. The zero-order chi connectivity index (χ0) is 22.3. The summed E-state index contributed by atoms with van der Waals surface area (Å²) in [7, 11) is 1.66.